The van der Waals surface area contributed by atoms with Gasteiger partial charge >= 0.3 is 0 Å². The quantitative estimate of drug-likeness (QED) is 0.403. The first-order chi connectivity index (χ1) is 13.7. The Kier molecular flexibility index (Phi) is 6.50. The monoisotopic (exact) mass is 384 g/mol. The second kappa shape index (κ2) is 9.45. The molecule has 2 aromatic heterocycles. The normalized spacial score (nSPS) is 12.5. The number of aromatic amines is 1. The maximum absolute atomic E-state index is 5.93. The first kappa shape index (κ1) is 19.3. The minimum atomic E-state index is -0.0920. The number of guanidine groups is 1. The van der Waals surface area contributed by atoms with Gasteiger partial charge in [-0.1, -0.05) is 12.1 Å². The van der Waals surface area contributed by atoms with Crippen LogP contribution in [0.2, 0.25) is 0 Å². The summed E-state index contributed by atoms with van der Waals surface area (Å²) in [5.74, 6) is 3.85. The zero-order valence-corrected chi connectivity index (χ0v) is 16.1. The molecule has 3 aromatic rings. The highest BCUT2D eigenvalue weighted by molar-refractivity contribution is 5.79. The van der Waals surface area contributed by atoms with E-state index in [2.05, 4.69) is 30.8 Å². The summed E-state index contributed by atoms with van der Waals surface area (Å²) in [5.41, 5.74) is 0. The lowest BCUT2D eigenvalue weighted by atomic mass is 10.3. The van der Waals surface area contributed by atoms with E-state index in [1.54, 1.807) is 26.5 Å². The Labute approximate surface area is 163 Å². The van der Waals surface area contributed by atoms with E-state index in [-0.39, 0.29) is 6.10 Å². The molecule has 0 aliphatic heterocycles. The number of furan rings is 1. The van der Waals surface area contributed by atoms with E-state index in [0.717, 1.165) is 0 Å². The van der Waals surface area contributed by atoms with Crippen LogP contribution in [0.25, 0.3) is 11.6 Å². The number of methoxy groups -OCH3 is 1. The van der Waals surface area contributed by atoms with Crippen LogP contribution in [-0.4, -0.2) is 47.9 Å². The van der Waals surface area contributed by atoms with Gasteiger partial charge in [-0.25, -0.2) is 4.98 Å². The van der Waals surface area contributed by atoms with Crippen LogP contribution in [-0.2, 0) is 6.54 Å². The van der Waals surface area contributed by atoms with Gasteiger partial charge < -0.3 is 24.5 Å². The van der Waals surface area contributed by atoms with Crippen molar-refractivity contribution in [2.75, 3.05) is 20.7 Å². The van der Waals surface area contributed by atoms with Crippen molar-refractivity contribution in [1.29, 1.82) is 0 Å². The number of aliphatic imine (C=N–C) groups is 1. The third kappa shape index (κ3) is 5.03. The van der Waals surface area contributed by atoms with Gasteiger partial charge in [0, 0.05) is 7.05 Å². The molecule has 0 saturated carbocycles. The Bertz CT molecular complexity index is 891. The molecule has 148 valence electrons. The van der Waals surface area contributed by atoms with Gasteiger partial charge in [0.05, 0.1) is 26.5 Å². The Morgan fingerprint density at radius 3 is 2.75 bits per heavy atom. The van der Waals surface area contributed by atoms with E-state index in [4.69, 9.17) is 13.9 Å². The lowest BCUT2D eigenvalue weighted by molar-refractivity contribution is 0.213. The number of H-pyrrole nitrogens is 1. The third-order valence-electron chi connectivity index (χ3n) is 3.87. The fourth-order valence-corrected chi connectivity index (χ4v) is 2.49. The molecule has 0 aliphatic rings. The van der Waals surface area contributed by atoms with Crippen molar-refractivity contribution >= 4 is 5.96 Å². The molecule has 3 N–H and O–H groups in total. The predicted octanol–water partition coefficient (Wildman–Crippen LogP) is 2.21. The van der Waals surface area contributed by atoms with E-state index in [1.165, 1.54) is 0 Å². The van der Waals surface area contributed by atoms with Crippen LogP contribution in [0.15, 0.2) is 52.1 Å². The van der Waals surface area contributed by atoms with E-state index in [9.17, 15) is 0 Å². The molecular weight excluding hydrogens is 360 g/mol. The van der Waals surface area contributed by atoms with Crippen LogP contribution in [0.3, 0.4) is 0 Å². The number of benzene rings is 1. The Morgan fingerprint density at radius 2 is 2.04 bits per heavy atom. The van der Waals surface area contributed by atoms with Crippen LogP contribution >= 0.6 is 0 Å². The molecule has 1 aromatic carbocycles. The molecular formula is C19H24N6O3. The van der Waals surface area contributed by atoms with Crippen molar-refractivity contribution in [2.24, 2.45) is 4.99 Å². The highest BCUT2D eigenvalue weighted by Gasteiger charge is 2.11. The first-order valence-electron chi connectivity index (χ1n) is 8.89. The zero-order chi connectivity index (χ0) is 19.8. The number of hydrogen-bond acceptors (Lipinski definition) is 6. The van der Waals surface area contributed by atoms with Crippen LogP contribution in [0, 0.1) is 0 Å². The van der Waals surface area contributed by atoms with E-state index in [1.807, 2.05) is 37.3 Å². The summed E-state index contributed by atoms with van der Waals surface area (Å²) in [6.45, 7) is 2.97. The lowest BCUT2D eigenvalue weighted by Gasteiger charge is -2.18. The molecule has 0 spiro atoms. The van der Waals surface area contributed by atoms with Crippen molar-refractivity contribution in [3.8, 4) is 23.1 Å². The molecule has 28 heavy (non-hydrogen) atoms. The van der Waals surface area contributed by atoms with Gasteiger partial charge in [0.25, 0.3) is 0 Å². The zero-order valence-electron chi connectivity index (χ0n) is 16.1. The summed E-state index contributed by atoms with van der Waals surface area (Å²) in [7, 11) is 3.33. The molecule has 3 rings (SSSR count). The average Bonchev–Trinajstić information content (AvgIpc) is 3.40. The molecule has 0 fully saturated rings. The molecule has 9 nitrogen and oxygen atoms in total. The summed E-state index contributed by atoms with van der Waals surface area (Å²) in [6, 6.07) is 11.2. The molecule has 0 amide bonds. The second-order valence-electron chi connectivity index (χ2n) is 5.97. The third-order valence-corrected chi connectivity index (χ3v) is 3.87. The molecule has 9 heteroatoms. The number of hydrogen-bond donors (Lipinski definition) is 3. The van der Waals surface area contributed by atoms with Gasteiger partial charge in [0.1, 0.15) is 11.9 Å². The van der Waals surface area contributed by atoms with Crippen LogP contribution in [0.5, 0.6) is 11.5 Å². The molecule has 1 atom stereocenters. The number of nitrogens with one attached hydrogen (secondary N) is 3. The molecule has 0 saturated heterocycles. The smallest absolute Gasteiger partial charge is 0.216 e. The second-order valence-corrected chi connectivity index (χ2v) is 5.97. The van der Waals surface area contributed by atoms with Crippen LogP contribution in [0.4, 0.5) is 0 Å². The van der Waals surface area contributed by atoms with Crippen molar-refractivity contribution in [3.05, 3.63) is 48.5 Å². The van der Waals surface area contributed by atoms with E-state index in [0.29, 0.717) is 48.0 Å². The molecule has 2 heterocycles. The fourth-order valence-electron chi connectivity index (χ4n) is 2.49. The largest absolute Gasteiger partial charge is 0.493 e. The van der Waals surface area contributed by atoms with E-state index < -0.39 is 0 Å². The van der Waals surface area contributed by atoms with Crippen molar-refractivity contribution in [3.63, 3.8) is 0 Å². The average molecular weight is 384 g/mol. The van der Waals surface area contributed by atoms with Crippen molar-refractivity contribution < 1.29 is 13.9 Å². The number of nitrogens with zero attached hydrogens (tertiary/aromatic N) is 3. The highest BCUT2D eigenvalue weighted by atomic mass is 16.5. The summed E-state index contributed by atoms with van der Waals surface area (Å²) in [4.78, 5) is 8.59. The standard InChI is InChI=1S/C19H24N6O3/c1-13(28-15-8-5-4-7-14(15)26-3)11-21-19(20-2)22-12-17-23-18(25-24-17)16-9-6-10-27-16/h4-10,13H,11-12H2,1-3H3,(H2,20,21,22)(H,23,24,25). The Morgan fingerprint density at radius 1 is 1.21 bits per heavy atom. The van der Waals surface area contributed by atoms with Gasteiger partial charge in [0.15, 0.2) is 23.2 Å². The van der Waals surface area contributed by atoms with Gasteiger partial charge in [0.2, 0.25) is 5.82 Å². The van der Waals surface area contributed by atoms with Crippen molar-refractivity contribution in [1.82, 2.24) is 25.8 Å². The van der Waals surface area contributed by atoms with E-state index >= 15 is 0 Å². The van der Waals surface area contributed by atoms with Crippen LogP contribution < -0.4 is 20.1 Å². The minimum absolute atomic E-state index is 0.0920. The van der Waals surface area contributed by atoms with Crippen LogP contribution in [0.1, 0.15) is 12.7 Å². The summed E-state index contributed by atoms with van der Waals surface area (Å²) in [5, 5.41) is 13.4. The summed E-state index contributed by atoms with van der Waals surface area (Å²) < 4.78 is 16.5. The number of rotatable bonds is 8. The van der Waals surface area contributed by atoms with Gasteiger partial charge in [-0.05, 0) is 31.2 Å². The van der Waals surface area contributed by atoms with Gasteiger partial charge in [-0.2, -0.15) is 0 Å². The molecule has 0 radical (unpaired) electrons. The van der Waals surface area contributed by atoms with Gasteiger partial charge in [-0.15, -0.1) is 5.10 Å². The highest BCUT2D eigenvalue weighted by Crippen LogP contribution is 2.26. The number of ether oxygens (including phenoxy) is 2. The first-order valence-corrected chi connectivity index (χ1v) is 8.89. The summed E-state index contributed by atoms with van der Waals surface area (Å²) in [6.07, 6.45) is 1.49. The number of para-hydroxylation sites is 2. The van der Waals surface area contributed by atoms with Crippen molar-refractivity contribution in [2.45, 2.75) is 19.6 Å². The van der Waals surface area contributed by atoms with Gasteiger partial charge in [-0.3, -0.25) is 10.1 Å². The predicted molar refractivity (Wildman–Crippen MR) is 105 cm³/mol. The molecule has 0 bridgehead atoms. The maximum atomic E-state index is 5.93. The number of aromatic nitrogens is 3. The topological polar surface area (TPSA) is 110 Å². The maximum Gasteiger partial charge on any atom is 0.216 e. The Hall–Kier alpha value is -3.49. The molecule has 1 unspecified atom stereocenters. The molecule has 0 aliphatic carbocycles. The SMILES string of the molecule is CN=C(NCc1nc(-c2ccco2)n[nH]1)NCC(C)Oc1ccccc1OC. The minimum Gasteiger partial charge on any atom is -0.493 e. The lowest BCUT2D eigenvalue weighted by Crippen LogP contribution is -2.41. The fraction of sp³-hybridized carbons (Fsp3) is 0.316. The Balaban J connectivity index is 1.47. The summed E-state index contributed by atoms with van der Waals surface area (Å²) >= 11 is 0.